The van der Waals surface area contributed by atoms with Crippen LogP contribution >= 0.6 is 0 Å². The van der Waals surface area contributed by atoms with Crippen LogP contribution in [0.3, 0.4) is 0 Å². The van der Waals surface area contributed by atoms with Crippen molar-refractivity contribution in [2.45, 2.75) is 32.9 Å². The number of hydrogen-bond acceptors (Lipinski definition) is 2. The fourth-order valence-electron chi connectivity index (χ4n) is 2.15. The van der Waals surface area contributed by atoms with Gasteiger partial charge in [0.15, 0.2) is 0 Å². The molecule has 0 aromatic rings. The molecule has 2 atom stereocenters. The molecule has 0 aromatic carbocycles. The maximum Gasteiger partial charge on any atom is 0.107 e. The van der Waals surface area contributed by atoms with Crippen LogP contribution in [0.15, 0.2) is 0 Å². The minimum Gasteiger partial charge on any atom is -0.381 e. The highest BCUT2D eigenvalue weighted by Crippen LogP contribution is 2.29. The number of alkyl halides is 1. The van der Waals surface area contributed by atoms with Gasteiger partial charge in [-0.15, -0.1) is 0 Å². The summed E-state index contributed by atoms with van der Waals surface area (Å²) in [7, 11) is 0. The SMILES string of the molecule is CC(C)C(CN)C(F)C1CCOCC1. The van der Waals surface area contributed by atoms with E-state index in [4.69, 9.17) is 10.5 Å². The first-order valence-electron chi connectivity index (χ1n) is 5.58. The predicted molar refractivity (Wildman–Crippen MR) is 55.8 cm³/mol. The normalized spacial score (nSPS) is 23.8. The number of rotatable bonds is 4. The number of halogens is 1. The van der Waals surface area contributed by atoms with E-state index in [1.807, 2.05) is 13.8 Å². The highest BCUT2D eigenvalue weighted by Gasteiger charge is 2.31. The van der Waals surface area contributed by atoms with Crippen molar-refractivity contribution < 1.29 is 9.13 Å². The third kappa shape index (κ3) is 2.92. The minimum absolute atomic E-state index is 0.0121. The Bertz CT molecular complexity index is 157. The first kappa shape index (κ1) is 11.9. The van der Waals surface area contributed by atoms with Crippen LogP contribution in [0.1, 0.15) is 26.7 Å². The van der Waals surface area contributed by atoms with Gasteiger partial charge >= 0.3 is 0 Å². The Labute approximate surface area is 86.0 Å². The van der Waals surface area contributed by atoms with Gasteiger partial charge < -0.3 is 10.5 Å². The maximum atomic E-state index is 14.1. The molecule has 0 spiro atoms. The second-order valence-electron chi connectivity index (χ2n) is 4.54. The van der Waals surface area contributed by atoms with Crippen molar-refractivity contribution in [3.8, 4) is 0 Å². The van der Waals surface area contributed by atoms with Gasteiger partial charge in [0.25, 0.3) is 0 Å². The van der Waals surface area contributed by atoms with Crippen molar-refractivity contribution in [1.82, 2.24) is 0 Å². The molecule has 3 heteroatoms. The fourth-order valence-corrected chi connectivity index (χ4v) is 2.15. The van der Waals surface area contributed by atoms with Gasteiger partial charge in [0.1, 0.15) is 6.17 Å². The van der Waals surface area contributed by atoms with E-state index in [0.717, 1.165) is 12.8 Å². The van der Waals surface area contributed by atoms with Gasteiger partial charge in [0.05, 0.1) is 0 Å². The van der Waals surface area contributed by atoms with Crippen molar-refractivity contribution >= 4 is 0 Å². The van der Waals surface area contributed by atoms with Crippen molar-refractivity contribution in [3.05, 3.63) is 0 Å². The number of hydrogen-bond donors (Lipinski definition) is 1. The van der Waals surface area contributed by atoms with Crippen LogP contribution < -0.4 is 5.73 Å². The van der Waals surface area contributed by atoms with Crippen LogP contribution in [0.2, 0.25) is 0 Å². The van der Waals surface area contributed by atoms with Crippen molar-refractivity contribution in [2.75, 3.05) is 19.8 Å². The van der Waals surface area contributed by atoms with Gasteiger partial charge in [-0.1, -0.05) is 13.8 Å². The number of nitrogens with two attached hydrogens (primary N) is 1. The lowest BCUT2D eigenvalue weighted by molar-refractivity contribution is 0.0143. The molecule has 0 saturated carbocycles. The van der Waals surface area contributed by atoms with Gasteiger partial charge in [-0.05, 0) is 31.2 Å². The summed E-state index contributed by atoms with van der Waals surface area (Å²) in [5, 5.41) is 0. The lowest BCUT2D eigenvalue weighted by atomic mass is 9.81. The Balaban J connectivity index is 2.47. The molecule has 0 radical (unpaired) electrons. The van der Waals surface area contributed by atoms with Crippen LogP contribution in [0.25, 0.3) is 0 Å². The molecule has 1 rings (SSSR count). The standard InChI is InChI=1S/C11H22FNO/c1-8(2)10(7-13)11(12)9-3-5-14-6-4-9/h8-11H,3-7,13H2,1-2H3. The van der Waals surface area contributed by atoms with Crippen LogP contribution in [0, 0.1) is 17.8 Å². The summed E-state index contributed by atoms with van der Waals surface area (Å²) in [4.78, 5) is 0. The first-order chi connectivity index (χ1) is 6.66. The molecule has 2 N–H and O–H groups in total. The highest BCUT2D eigenvalue weighted by molar-refractivity contribution is 4.81. The van der Waals surface area contributed by atoms with E-state index in [2.05, 4.69) is 0 Å². The molecule has 0 amide bonds. The second-order valence-corrected chi connectivity index (χ2v) is 4.54. The third-order valence-corrected chi connectivity index (χ3v) is 3.25. The smallest absolute Gasteiger partial charge is 0.107 e. The average Bonchev–Trinajstić information content (AvgIpc) is 2.19. The Kier molecular flexibility index (Phi) is 4.82. The van der Waals surface area contributed by atoms with Crippen LogP contribution in [-0.4, -0.2) is 25.9 Å². The molecule has 1 fully saturated rings. The van der Waals surface area contributed by atoms with Crippen molar-refractivity contribution in [2.24, 2.45) is 23.5 Å². The van der Waals surface area contributed by atoms with Gasteiger partial charge in [0.2, 0.25) is 0 Å². The zero-order chi connectivity index (χ0) is 10.6. The summed E-state index contributed by atoms with van der Waals surface area (Å²) in [6.45, 7) is 5.96. The fraction of sp³-hybridized carbons (Fsp3) is 1.00. The highest BCUT2D eigenvalue weighted by atomic mass is 19.1. The molecule has 1 saturated heterocycles. The summed E-state index contributed by atoms with van der Waals surface area (Å²) in [5.74, 6) is 0.510. The molecule has 1 aliphatic rings. The Morgan fingerprint density at radius 2 is 1.93 bits per heavy atom. The molecule has 0 bridgehead atoms. The van der Waals surface area contributed by atoms with E-state index in [0.29, 0.717) is 25.7 Å². The van der Waals surface area contributed by atoms with Gasteiger partial charge in [-0.3, -0.25) is 0 Å². The summed E-state index contributed by atoms with van der Waals surface area (Å²) in [5.41, 5.74) is 5.61. The van der Waals surface area contributed by atoms with Crippen LogP contribution in [-0.2, 0) is 4.74 Å². The van der Waals surface area contributed by atoms with E-state index >= 15 is 0 Å². The zero-order valence-electron chi connectivity index (χ0n) is 9.21. The summed E-state index contributed by atoms with van der Waals surface area (Å²) >= 11 is 0. The zero-order valence-corrected chi connectivity index (χ0v) is 9.21. The van der Waals surface area contributed by atoms with Crippen LogP contribution in [0.4, 0.5) is 4.39 Å². The van der Waals surface area contributed by atoms with E-state index in [1.165, 1.54) is 0 Å². The molecule has 0 aromatic heterocycles. The Morgan fingerprint density at radius 1 is 1.36 bits per heavy atom. The van der Waals surface area contributed by atoms with E-state index < -0.39 is 6.17 Å². The molecule has 14 heavy (non-hydrogen) atoms. The van der Waals surface area contributed by atoms with Crippen LogP contribution in [0.5, 0.6) is 0 Å². The molecule has 1 aliphatic heterocycles. The Morgan fingerprint density at radius 3 is 2.36 bits per heavy atom. The summed E-state index contributed by atoms with van der Waals surface area (Å²) < 4.78 is 19.3. The van der Waals surface area contributed by atoms with Gasteiger partial charge in [0, 0.05) is 19.1 Å². The molecule has 1 heterocycles. The van der Waals surface area contributed by atoms with Crippen molar-refractivity contribution in [1.29, 1.82) is 0 Å². The summed E-state index contributed by atoms with van der Waals surface area (Å²) in [6, 6.07) is 0. The second kappa shape index (κ2) is 5.66. The molecule has 2 nitrogen and oxygen atoms in total. The minimum atomic E-state index is -0.746. The predicted octanol–water partition coefficient (Wildman–Crippen LogP) is 1.98. The van der Waals surface area contributed by atoms with E-state index in [1.54, 1.807) is 0 Å². The number of ether oxygens (including phenoxy) is 1. The molecule has 84 valence electrons. The largest absolute Gasteiger partial charge is 0.381 e. The quantitative estimate of drug-likeness (QED) is 0.758. The summed E-state index contributed by atoms with van der Waals surface area (Å²) in [6.07, 6.45) is 0.957. The third-order valence-electron chi connectivity index (χ3n) is 3.25. The lowest BCUT2D eigenvalue weighted by Crippen LogP contribution is -2.36. The molecule has 0 aliphatic carbocycles. The Hall–Kier alpha value is -0.150. The van der Waals surface area contributed by atoms with Gasteiger partial charge in [-0.25, -0.2) is 4.39 Å². The topological polar surface area (TPSA) is 35.2 Å². The van der Waals surface area contributed by atoms with Crippen molar-refractivity contribution in [3.63, 3.8) is 0 Å². The van der Waals surface area contributed by atoms with Gasteiger partial charge in [-0.2, -0.15) is 0 Å². The monoisotopic (exact) mass is 203 g/mol. The maximum absolute atomic E-state index is 14.1. The lowest BCUT2D eigenvalue weighted by Gasteiger charge is -2.32. The molecular weight excluding hydrogens is 181 g/mol. The molecule has 2 unspecified atom stereocenters. The average molecular weight is 203 g/mol. The van der Waals surface area contributed by atoms with E-state index in [-0.39, 0.29) is 11.8 Å². The first-order valence-corrected chi connectivity index (χ1v) is 5.58. The molecular formula is C11H22FNO. The van der Waals surface area contributed by atoms with E-state index in [9.17, 15) is 4.39 Å².